The molecule has 0 spiro atoms. The number of sulfone groups is 1. The molecule has 0 radical (unpaired) electrons. The lowest BCUT2D eigenvalue weighted by Gasteiger charge is -2.32. The second-order valence-corrected chi connectivity index (χ2v) is 8.29. The Hall–Kier alpha value is -2.71. The summed E-state index contributed by atoms with van der Waals surface area (Å²) in [6.07, 6.45) is 0. The Balaban J connectivity index is 1.89. The number of carbonyl (C=O) groups excluding carboxylic acids is 1. The molecule has 1 saturated heterocycles. The van der Waals surface area contributed by atoms with Gasteiger partial charge in [0, 0.05) is 19.6 Å². The van der Waals surface area contributed by atoms with Crippen LogP contribution in [0.1, 0.15) is 15.9 Å². The number of hydrogen-bond acceptors (Lipinski definition) is 5. The zero-order valence-corrected chi connectivity index (χ0v) is 15.4. The topological polar surface area (TPSA) is 104 Å². The van der Waals surface area contributed by atoms with Crippen molar-refractivity contribution >= 4 is 21.7 Å². The van der Waals surface area contributed by atoms with E-state index < -0.39 is 27.8 Å². The second-order valence-electron chi connectivity index (χ2n) is 6.34. The lowest BCUT2D eigenvalue weighted by molar-refractivity contribution is -0.140. The van der Waals surface area contributed by atoms with Crippen LogP contribution in [-0.2, 0) is 20.4 Å². The molecule has 142 valence electrons. The Bertz CT molecular complexity index is 944. The van der Waals surface area contributed by atoms with Crippen molar-refractivity contribution in [1.82, 2.24) is 10.2 Å². The lowest BCUT2D eigenvalue weighted by atomic mass is 10.1. The van der Waals surface area contributed by atoms with Crippen LogP contribution in [0.3, 0.4) is 0 Å². The van der Waals surface area contributed by atoms with Gasteiger partial charge in [-0.3, -0.25) is 9.59 Å². The first-order valence-electron chi connectivity index (χ1n) is 8.49. The molecule has 1 unspecified atom stereocenters. The molecule has 1 aliphatic rings. The first kappa shape index (κ1) is 19.1. The number of amides is 1. The van der Waals surface area contributed by atoms with Gasteiger partial charge in [0.2, 0.25) is 0 Å². The summed E-state index contributed by atoms with van der Waals surface area (Å²) >= 11 is 0. The molecule has 0 aliphatic carbocycles. The molecular weight excluding hydrogens is 368 g/mol. The zero-order chi connectivity index (χ0) is 19.4. The van der Waals surface area contributed by atoms with Crippen molar-refractivity contribution in [3.8, 4) is 0 Å². The summed E-state index contributed by atoms with van der Waals surface area (Å²) in [5.41, 5.74) is 0.701. The van der Waals surface area contributed by atoms with Gasteiger partial charge >= 0.3 is 5.97 Å². The number of benzene rings is 2. The van der Waals surface area contributed by atoms with Crippen molar-refractivity contribution in [1.29, 1.82) is 0 Å². The van der Waals surface area contributed by atoms with Gasteiger partial charge in [-0.05, 0) is 17.7 Å². The molecule has 27 heavy (non-hydrogen) atoms. The number of piperazine rings is 1. The van der Waals surface area contributed by atoms with Gasteiger partial charge in [0.1, 0.15) is 6.04 Å². The molecule has 1 atom stereocenters. The summed E-state index contributed by atoms with van der Waals surface area (Å²) < 4.78 is 25.8. The molecule has 7 nitrogen and oxygen atoms in total. The number of rotatable bonds is 5. The van der Waals surface area contributed by atoms with Crippen molar-refractivity contribution in [2.45, 2.75) is 16.7 Å². The number of carboxylic acids is 1. The number of carboxylic acid groups (broad SMARTS) is 1. The smallest absolute Gasteiger partial charge is 0.322 e. The van der Waals surface area contributed by atoms with E-state index in [1.807, 2.05) is 0 Å². The van der Waals surface area contributed by atoms with E-state index in [-0.39, 0.29) is 22.8 Å². The summed E-state index contributed by atoms with van der Waals surface area (Å²) in [4.78, 5) is 25.5. The second kappa shape index (κ2) is 7.89. The van der Waals surface area contributed by atoms with Crippen molar-refractivity contribution in [3.63, 3.8) is 0 Å². The number of carbonyl (C=O) groups is 2. The zero-order valence-electron chi connectivity index (χ0n) is 14.5. The Morgan fingerprint density at radius 2 is 1.74 bits per heavy atom. The van der Waals surface area contributed by atoms with Gasteiger partial charge in [0.05, 0.1) is 16.2 Å². The van der Waals surface area contributed by atoms with Crippen molar-refractivity contribution in [3.05, 3.63) is 65.7 Å². The van der Waals surface area contributed by atoms with E-state index >= 15 is 0 Å². The highest BCUT2D eigenvalue weighted by Crippen LogP contribution is 2.22. The maximum absolute atomic E-state index is 12.9. The first-order valence-corrected chi connectivity index (χ1v) is 10.1. The van der Waals surface area contributed by atoms with Gasteiger partial charge in [-0.1, -0.05) is 42.5 Å². The number of nitrogens with zero attached hydrogens (tertiary/aromatic N) is 1. The third-order valence-corrected chi connectivity index (χ3v) is 6.15. The van der Waals surface area contributed by atoms with Gasteiger partial charge in [0.15, 0.2) is 9.84 Å². The Morgan fingerprint density at radius 1 is 1.07 bits per heavy atom. The molecule has 0 bridgehead atoms. The largest absolute Gasteiger partial charge is 0.480 e. The monoisotopic (exact) mass is 388 g/mol. The predicted octanol–water partition coefficient (Wildman–Crippen LogP) is 1.16. The van der Waals surface area contributed by atoms with Crippen LogP contribution in [0.5, 0.6) is 0 Å². The first-order chi connectivity index (χ1) is 12.9. The van der Waals surface area contributed by atoms with Crippen LogP contribution >= 0.6 is 0 Å². The molecular formula is C19H20N2O5S. The fourth-order valence-corrected chi connectivity index (χ4v) is 4.62. The molecule has 2 aromatic carbocycles. The fraction of sp³-hybridized carbons (Fsp3) is 0.263. The highest BCUT2D eigenvalue weighted by molar-refractivity contribution is 7.90. The molecule has 1 fully saturated rings. The highest BCUT2D eigenvalue weighted by Gasteiger charge is 2.31. The summed E-state index contributed by atoms with van der Waals surface area (Å²) in [6.45, 7) is 0.637. The molecule has 2 aromatic rings. The van der Waals surface area contributed by atoms with E-state index in [2.05, 4.69) is 5.32 Å². The van der Waals surface area contributed by atoms with Crippen LogP contribution in [-0.4, -0.2) is 56.0 Å². The molecule has 2 N–H and O–H groups in total. The quantitative estimate of drug-likeness (QED) is 0.797. The van der Waals surface area contributed by atoms with Crippen molar-refractivity contribution < 1.29 is 23.1 Å². The minimum absolute atomic E-state index is 0.0127. The van der Waals surface area contributed by atoms with Crippen LogP contribution < -0.4 is 5.32 Å². The normalized spacial score (nSPS) is 17.5. The van der Waals surface area contributed by atoms with E-state index in [1.54, 1.807) is 42.5 Å². The van der Waals surface area contributed by atoms with Crippen LogP contribution in [0.2, 0.25) is 0 Å². The minimum Gasteiger partial charge on any atom is -0.480 e. The van der Waals surface area contributed by atoms with Crippen LogP contribution in [0.4, 0.5) is 0 Å². The van der Waals surface area contributed by atoms with Gasteiger partial charge in [-0.15, -0.1) is 0 Å². The number of aliphatic carboxylic acids is 1. The highest BCUT2D eigenvalue weighted by atomic mass is 32.2. The molecule has 1 amide bonds. The van der Waals surface area contributed by atoms with Gasteiger partial charge in [-0.25, -0.2) is 8.42 Å². The summed E-state index contributed by atoms with van der Waals surface area (Å²) in [6, 6.07) is 14.0. The molecule has 8 heteroatoms. The fourth-order valence-electron chi connectivity index (χ4n) is 3.06. The summed E-state index contributed by atoms with van der Waals surface area (Å²) in [5, 5.41) is 12.0. The SMILES string of the molecule is O=C(O)C1CN(C(=O)c2ccccc2S(=O)(=O)Cc2ccccc2)CCN1. The maximum Gasteiger partial charge on any atom is 0.322 e. The summed E-state index contributed by atoms with van der Waals surface area (Å²) in [5.74, 6) is -1.73. The third-order valence-electron chi connectivity index (χ3n) is 4.41. The lowest BCUT2D eigenvalue weighted by Crippen LogP contribution is -2.55. The van der Waals surface area contributed by atoms with E-state index in [1.165, 1.54) is 17.0 Å². The maximum atomic E-state index is 12.9. The van der Waals surface area contributed by atoms with E-state index in [0.29, 0.717) is 18.7 Å². The Morgan fingerprint density at radius 3 is 2.44 bits per heavy atom. The molecule has 1 aliphatic heterocycles. The van der Waals surface area contributed by atoms with Crippen LogP contribution in [0, 0.1) is 0 Å². The number of hydrogen-bond donors (Lipinski definition) is 2. The molecule has 3 rings (SSSR count). The minimum atomic E-state index is -3.74. The van der Waals surface area contributed by atoms with Gasteiger partial charge in [-0.2, -0.15) is 0 Å². The van der Waals surface area contributed by atoms with E-state index in [0.717, 1.165) is 0 Å². The molecule has 1 heterocycles. The third kappa shape index (κ3) is 4.35. The predicted molar refractivity (Wildman–Crippen MR) is 99.1 cm³/mol. The van der Waals surface area contributed by atoms with Crippen molar-refractivity contribution in [2.75, 3.05) is 19.6 Å². The summed E-state index contributed by atoms with van der Waals surface area (Å²) in [7, 11) is -3.74. The standard InChI is InChI=1S/C19H20N2O5S/c22-18(21-11-10-20-16(12-21)19(23)24)15-8-4-5-9-17(15)27(25,26)13-14-6-2-1-3-7-14/h1-9,16,20H,10-13H2,(H,23,24). The van der Waals surface area contributed by atoms with Gasteiger partial charge < -0.3 is 15.3 Å². The van der Waals surface area contributed by atoms with E-state index in [9.17, 15) is 18.0 Å². The van der Waals surface area contributed by atoms with Crippen molar-refractivity contribution in [2.24, 2.45) is 0 Å². The average molecular weight is 388 g/mol. The van der Waals surface area contributed by atoms with Crippen LogP contribution in [0.15, 0.2) is 59.5 Å². The van der Waals surface area contributed by atoms with Crippen LogP contribution in [0.25, 0.3) is 0 Å². The molecule has 0 saturated carbocycles. The number of nitrogens with one attached hydrogen (secondary N) is 1. The Labute approximate surface area is 157 Å². The van der Waals surface area contributed by atoms with E-state index in [4.69, 9.17) is 5.11 Å². The van der Waals surface area contributed by atoms with Gasteiger partial charge in [0.25, 0.3) is 5.91 Å². The average Bonchev–Trinajstić information content (AvgIpc) is 2.68. The molecule has 0 aromatic heterocycles. The Kier molecular flexibility index (Phi) is 5.57.